The van der Waals surface area contributed by atoms with Crippen molar-refractivity contribution in [3.8, 4) is 0 Å². The Morgan fingerprint density at radius 3 is 2.55 bits per heavy atom. The van der Waals surface area contributed by atoms with Crippen molar-refractivity contribution in [2.75, 3.05) is 11.9 Å². The molecule has 1 aromatic rings. The first kappa shape index (κ1) is 15.1. The van der Waals surface area contributed by atoms with Crippen molar-refractivity contribution in [1.82, 2.24) is 4.98 Å². The summed E-state index contributed by atoms with van der Waals surface area (Å²) < 4.78 is 37.6. The van der Waals surface area contributed by atoms with Crippen molar-refractivity contribution in [3.63, 3.8) is 0 Å². The molecule has 0 aromatic carbocycles. The minimum Gasteiger partial charge on any atom is -0.370 e. The number of pyridine rings is 1. The van der Waals surface area contributed by atoms with Gasteiger partial charge in [0.15, 0.2) is 0 Å². The quantitative estimate of drug-likeness (QED) is 0.865. The van der Waals surface area contributed by atoms with Crippen molar-refractivity contribution in [2.45, 2.75) is 45.2 Å². The molecule has 1 aliphatic carbocycles. The molecular formula is C15H21F3N2. The Morgan fingerprint density at radius 2 is 1.90 bits per heavy atom. The number of aromatic nitrogens is 1. The van der Waals surface area contributed by atoms with Gasteiger partial charge < -0.3 is 5.32 Å². The average Bonchev–Trinajstić information content (AvgIpc) is 2.40. The largest absolute Gasteiger partial charge is 0.433 e. The van der Waals surface area contributed by atoms with Gasteiger partial charge in [-0.25, -0.2) is 4.98 Å². The highest BCUT2D eigenvalue weighted by Gasteiger charge is 2.32. The zero-order valence-electron chi connectivity index (χ0n) is 11.7. The first-order chi connectivity index (χ1) is 9.45. The van der Waals surface area contributed by atoms with Crippen LogP contribution >= 0.6 is 0 Å². The molecular weight excluding hydrogens is 265 g/mol. The second-order valence-electron chi connectivity index (χ2n) is 5.75. The van der Waals surface area contributed by atoms with Crippen LogP contribution in [0.15, 0.2) is 18.2 Å². The van der Waals surface area contributed by atoms with E-state index in [1.54, 1.807) is 6.07 Å². The molecule has 1 aromatic heterocycles. The Balaban J connectivity index is 1.79. The third kappa shape index (κ3) is 4.39. The van der Waals surface area contributed by atoms with Crippen LogP contribution < -0.4 is 5.32 Å². The maximum absolute atomic E-state index is 12.5. The van der Waals surface area contributed by atoms with Crippen LogP contribution in [0.2, 0.25) is 0 Å². The number of rotatable bonds is 4. The molecule has 0 saturated heterocycles. The van der Waals surface area contributed by atoms with Crippen LogP contribution in [0.25, 0.3) is 0 Å². The molecule has 1 heterocycles. The van der Waals surface area contributed by atoms with Crippen LogP contribution in [0.1, 0.15) is 44.7 Å². The maximum Gasteiger partial charge on any atom is 0.433 e. The molecule has 20 heavy (non-hydrogen) atoms. The summed E-state index contributed by atoms with van der Waals surface area (Å²) in [5.74, 6) is 1.83. The van der Waals surface area contributed by atoms with Gasteiger partial charge in [-0.15, -0.1) is 0 Å². The fraction of sp³-hybridized carbons (Fsp3) is 0.667. The van der Waals surface area contributed by atoms with E-state index in [0.717, 1.165) is 18.4 Å². The minimum atomic E-state index is -4.38. The number of halogens is 3. The second-order valence-corrected chi connectivity index (χ2v) is 5.75. The first-order valence-corrected chi connectivity index (χ1v) is 7.23. The molecule has 0 spiro atoms. The molecule has 1 aliphatic rings. The van der Waals surface area contributed by atoms with Gasteiger partial charge in [0.2, 0.25) is 0 Å². The van der Waals surface area contributed by atoms with Gasteiger partial charge in [-0.1, -0.05) is 38.7 Å². The van der Waals surface area contributed by atoms with Crippen molar-refractivity contribution >= 4 is 5.82 Å². The van der Waals surface area contributed by atoms with E-state index < -0.39 is 11.9 Å². The number of nitrogens with one attached hydrogen (secondary N) is 1. The lowest BCUT2D eigenvalue weighted by atomic mass is 9.81. The average molecular weight is 286 g/mol. The molecule has 0 bridgehead atoms. The Kier molecular flexibility index (Phi) is 4.89. The van der Waals surface area contributed by atoms with Crippen LogP contribution in [0.3, 0.4) is 0 Å². The Hall–Kier alpha value is -1.26. The molecule has 5 heteroatoms. The van der Waals surface area contributed by atoms with Crippen LogP contribution in [0.4, 0.5) is 19.0 Å². The standard InChI is InChI=1S/C15H21F3N2/c1-11-5-7-12(8-6-11)9-10-19-14-4-2-3-13(20-14)15(16,17)18/h2-4,11-12H,5-10H2,1H3,(H,19,20). The van der Waals surface area contributed by atoms with Crippen molar-refractivity contribution in [2.24, 2.45) is 11.8 Å². The number of anilines is 1. The predicted molar refractivity (Wildman–Crippen MR) is 73.5 cm³/mol. The molecule has 2 nitrogen and oxygen atoms in total. The van der Waals surface area contributed by atoms with E-state index in [0.29, 0.717) is 18.3 Å². The Labute approximate surface area is 117 Å². The van der Waals surface area contributed by atoms with E-state index in [1.807, 2.05) is 0 Å². The van der Waals surface area contributed by atoms with Gasteiger partial charge in [0.25, 0.3) is 0 Å². The minimum absolute atomic E-state index is 0.309. The van der Waals surface area contributed by atoms with E-state index in [4.69, 9.17) is 0 Å². The van der Waals surface area contributed by atoms with Crippen molar-refractivity contribution in [3.05, 3.63) is 23.9 Å². The molecule has 2 rings (SSSR count). The molecule has 0 unspecified atom stereocenters. The zero-order valence-corrected chi connectivity index (χ0v) is 11.7. The molecule has 112 valence electrons. The highest BCUT2D eigenvalue weighted by molar-refractivity contribution is 5.35. The van der Waals surface area contributed by atoms with Gasteiger partial charge in [0.05, 0.1) is 0 Å². The van der Waals surface area contributed by atoms with Gasteiger partial charge in [-0.2, -0.15) is 13.2 Å². The third-order valence-electron chi connectivity index (χ3n) is 4.03. The highest BCUT2D eigenvalue weighted by Crippen LogP contribution is 2.30. The lowest BCUT2D eigenvalue weighted by Gasteiger charge is -2.26. The topological polar surface area (TPSA) is 24.9 Å². The van der Waals surface area contributed by atoms with Crippen molar-refractivity contribution in [1.29, 1.82) is 0 Å². The normalized spacial score (nSPS) is 23.6. The van der Waals surface area contributed by atoms with Gasteiger partial charge in [0, 0.05) is 6.54 Å². The molecule has 1 fully saturated rings. The maximum atomic E-state index is 12.5. The molecule has 1 N–H and O–H groups in total. The van der Waals surface area contributed by atoms with Crippen LogP contribution in [-0.4, -0.2) is 11.5 Å². The fourth-order valence-electron chi connectivity index (χ4n) is 2.71. The Morgan fingerprint density at radius 1 is 1.20 bits per heavy atom. The molecule has 0 amide bonds. The van der Waals surface area contributed by atoms with E-state index in [-0.39, 0.29) is 0 Å². The summed E-state index contributed by atoms with van der Waals surface area (Å²) in [7, 11) is 0. The van der Waals surface area contributed by atoms with Gasteiger partial charge >= 0.3 is 6.18 Å². The number of nitrogens with zero attached hydrogens (tertiary/aromatic N) is 1. The predicted octanol–water partition coefficient (Wildman–Crippen LogP) is 4.73. The molecule has 0 aliphatic heterocycles. The van der Waals surface area contributed by atoms with Crippen LogP contribution in [-0.2, 0) is 6.18 Å². The number of hydrogen-bond donors (Lipinski definition) is 1. The molecule has 1 saturated carbocycles. The fourth-order valence-corrected chi connectivity index (χ4v) is 2.71. The lowest BCUT2D eigenvalue weighted by molar-refractivity contribution is -0.141. The van der Waals surface area contributed by atoms with Crippen LogP contribution in [0.5, 0.6) is 0 Å². The van der Waals surface area contributed by atoms with Gasteiger partial charge in [-0.3, -0.25) is 0 Å². The van der Waals surface area contributed by atoms with Crippen LogP contribution in [0, 0.1) is 11.8 Å². The van der Waals surface area contributed by atoms with E-state index in [2.05, 4.69) is 17.2 Å². The smallest absolute Gasteiger partial charge is 0.370 e. The highest BCUT2D eigenvalue weighted by atomic mass is 19.4. The molecule has 0 atom stereocenters. The summed E-state index contributed by atoms with van der Waals surface area (Å²) in [6.45, 7) is 2.97. The third-order valence-corrected chi connectivity index (χ3v) is 4.03. The summed E-state index contributed by atoms with van der Waals surface area (Å²) in [4.78, 5) is 3.60. The molecule has 0 radical (unpaired) electrons. The van der Waals surface area contributed by atoms with Crippen molar-refractivity contribution < 1.29 is 13.2 Å². The summed E-state index contributed by atoms with van der Waals surface area (Å²) in [6.07, 6.45) is 1.64. The van der Waals surface area contributed by atoms with E-state index in [9.17, 15) is 13.2 Å². The zero-order chi connectivity index (χ0) is 14.6. The summed E-state index contributed by atoms with van der Waals surface area (Å²) >= 11 is 0. The Bertz CT molecular complexity index is 423. The van der Waals surface area contributed by atoms with E-state index >= 15 is 0 Å². The van der Waals surface area contributed by atoms with E-state index in [1.165, 1.54) is 31.7 Å². The summed E-state index contributed by atoms with van der Waals surface area (Å²) in [5.41, 5.74) is -0.839. The SMILES string of the molecule is CC1CCC(CCNc2cccc(C(F)(F)F)n2)CC1. The van der Waals surface area contributed by atoms with Gasteiger partial charge in [-0.05, 0) is 30.4 Å². The summed E-state index contributed by atoms with van der Waals surface area (Å²) in [5, 5.41) is 3.00. The number of hydrogen-bond acceptors (Lipinski definition) is 2. The summed E-state index contributed by atoms with van der Waals surface area (Å²) in [6, 6.07) is 3.96. The second kappa shape index (κ2) is 6.46. The number of alkyl halides is 3. The monoisotopic (exact) mass is 286 g/mol. The lowest BCUT2D eigenvalue weighted by Crippen LogP contribution is -2.16. The first-order valence-electron chi connectivity index (χ1n) is 7.23. The van der Waals surface area contributed by atoms with Gasteiger partial charge in [0.1, 0.15) is 11.5 Å².